The number of hydroxylamine groups is 2. The minimum Gasteiger partial charge on any atom is -0.469 e. The standard InChI is InChI=1S/C21H28N2O4/c1-4-12-27-23-19(24)14-18(20(25)26-3)21(23)8-10-22(11-9-21)15-17-7-5-6-16(2)13-17/h4-7,13,18H,1,8-12,14-15H2,2-3H3/t18-/m1/s1. The van der Waals surface area contributed by atoms with Gasteiger partial charge < -0.3 is 4.74 Å². The molecule has 0 aromatic heterocycles. The predicted octanol–water partition coefficient (Wildman–Crippen LogP) is 2.47. The summed E-state index contributed by atoms with van der Waals surface area (Å²) in [5, 5.41) is 1.44. The number of hydrogen-bond acceptors (Lipinski definition) is 5. The Morgan fingerprint density at radius 2 is 2.11 bits per heavy atom. The van der Waals surface area contributed by atoms with Gasteiger partial charge in [0.1, 0.15) is 0 Å². The van der Waals surface area contributed by atoms with E-state index in [1.54, 1.807) is 6.08 Å². The zero-order chi connectivity index (χ0) is 19.4. The fraction of sp³-hybridized carbons (Fsp3) is 0.524. The first kappa shape index (κ1) is 19.6. The summed E-state index contributed by atoms with van der Waals surface area (Å²) in [5.74, 6) is -0.972. The van der Waals surface area contributed by atoms with Crippen molar-refractivity contribution in [2.45, 2.75) is 38.3 Å². The Bertz CT molecular complexity index is 710. The maximum atomic E-state index is 12.5. The molecule has 2 saturated heterocycles. The number of benzene rings is 1. The van der Waals surface area contributed by atoms with E-state index < -0.39 is 11.5 Å². The van der Waals surface area contributed by atoms with Crippen LogP contribution in [0.1, 0.15) is 30.4 Å². The van der Waals surface area contributed by atoms with Crippen molar-refractivity contribution in [3.8, 4) is 0 Å². The first-order valence-electron chi connectivity index (χ1n) is 9.43. The van der Waals surface area contributed by atoms with Gasteiger partial charge in [-0.15, -0.1) is 6.58 Å². The fourth-order valence-corrected chi connectivity index (χ4v) is 4.33. The Labute approximate surface area is 160 Å². The topological polar surface area (TPSA) is 59.1 Å². The lowest BCUT2D eigenvalue weighted by molar-refractivity contribution is -0.218. The average molecular weight is 372 g/mol. The van der Waals surface area contributed by atoms with Crippen molar-refractivity contribution >= 4 is 11.9 Å². The van der Waals surface area contributed by atoms with E-state index >= 15 is 0 Å². The number of piperidine rings is 1. The highest BCUT2D eigenvalue weighted by molar-refractivity contribution is 5.88. The van der Waals surface area contributed by atoms with Gasteiger partial charge in [0.15, 0.2) is 0 Å². The Morgan fingerprint density at radius 3 is 2.74 bits per heavy atom. The van der Waals surface area contributed by atoms with Crippen LogP contribution in [-0.4, -0.2) is 54.2 Å². The molecule has 6 heteroatoms. The number of methoxy groups -OCH3 is 1. The molecule has 6 nitrogen and oxygen atoms in total. The molecule has 0 radical (unpaired) electrons. The molecule has 2 heterocycles. The van der Waals surface area contributed by atoms with Crippen LogP contribution in [-0.2, 0) is 25.7 Å². The molecule has 0 aliphatic carbocycles. The Hall–Kier alpha value is -2.18. The molecule has 146 valence electrons. The van der Waals surface area contributed by atoms with E-state index in [1.165, 1.54) is 23.3 Å². The van der Waals surface area contributed by atoms with Gasteiger partial charge in [-0.05, 0) is 25.3 Å². The Morgan fingerprint density at radius 1 is 1.37 bits per heavy atom. The van der Waals surface area contributed by atoms with Crippen LogP contribution in [0.4, 0.5) is 0 Å². The second-order valence-electron chi connectivity index (χ2n) is 7.42. The SMILES string of the molecule is C=CCON1C(=O)C[C@H](C(=O)OC)C12CCN(Cc1cccc(C)c1)CC2. The molecule has 3 rings (SSSR count). The van der Waals surface area contributed by atoms with Crippen molar-refractivity contribution < 1.29 is 19.2 Å². The lowest BCUT2D eigenvalue weighted by Gasteiger charge is -2.45. The second-order valence-corrected chi connectivity index (χ2v) is 7.42. The molecule has 0 unspecified atom stereocenters. The molecule has 27 heavy (non-hydrogen) atoms. The summed E-state index contributed by atoms with van der Waals surface area (Å²) in [5.41, 5.74) is 1.89. The van der Waals surface area contributed by atoms with Gasteiger partial charge >= 0.3 is 5.97 Å². The summed E-state index contributed by atoms with van der Waals surface area (Å²) >= 11 is 0. The van der Waals surface area contributed by atoms with Crippen LogP contribution in [0.2, 0.25) is 0 Å². The third kappa shape index (κ3) is 3.92. The largest absolute Gasteiger partial charge is 0.469 e. The van der Waals surface area contributed by atoms with Gasteiger partial charge in [-0.25, -0.2) is 5.06 Å². The normalized spacial score (nSPS) is 22.2. The van der Waals surface area contributed by atoms with E-state index in [1.807, 2.05) is 0 Å². The van der Waals surface area contributed by atoms with Crippen LogP contribution in [0.25, 0.3) is 0 Å². The molecule has 0 bridgehead atoms. The highest BCUT2D eigenvalue weighted by Crippen LogP contribution is 2.44. The fourth-order valence-electron chi connectivity index (χ4n) is 4.33. The third-order valence-corrected chi connectivity index (χ3v) is 5.68. The zero-order valence-corrected chi connectivity index (χ0v) is 16.1. The molecule has 2 aliphatic heterocycles. The Kier molecular flexibility index (Phi) is 5.97. The summed E-state index contributed by atoms with van der Waals surface area (Å²) in [6.45, 7) is 8.44. The molecule has 1 amide bonds. The first-order chi connectivity index (χ1) is 13.0. The van der Waals surface area contributed by atoms with Gasteiger partial charge in [0.2, 0.25) is 5.91 Å². The molecule has 0 saturated carbocycles. The van der Waals surface area contributed by atoms with Crippen molar-refractivity contribution in [1.29, 1.82) is 0 Å². The second kappa shape index (κ2) is 8.23. The average Bonchev–Trinajstić information content (AvgIpc) is 2.93. The number of amides is 1. The van der Waals surface area contributed by atoms with Crippen LogP contribution >= 0.6 is 0 Å². The van der Waals surface area contributed by atoms with E-state index in [0.717, 1.165) is 19.6 Å². The van der Waals surface area contributed by atoms with Gasteiger partial charge in [-0.1, -0.05) is 35.9 Å². The van der Waals surface area contributed by atoms with Crippen molar-refractivity contribution in [3.05, 3.63) is 48.0 Å². The van der Waals surface area contributed by atoms with E-state index in [4.69, 9.17) is 9.57 Å². The molecule has 2 aliphatic rings. The summed E-state index contributed by atoms with van der Waals surface area (Å²) in [6, 6.07) is 8.49. The van der Waals surface area contributed by atoms with Gasteiger partial charge in [-0.2, -0.15) is 0 Å². The van der Waals surface area contributed by atoms with Gasteiger partial charge in [0, 0.05) is 26.1 Å². The monoisotopic (exact) mass is 372 g/mol. The summed E-state index contributed by atoms with van der Waals surface area (Å²) in [4.78, 5) is 33.0. The number of ether oxygens (including phenoxy) is 1. The maximum absolute atomic E-state index is 12.5. The molecule has 2 fully saturated rings. The quantitative estimate of drug-likeness (QED) is 0.567. The Balaban J connectivity index is 1.75. The van der Waals surface area contributed by atoms with Crippen molar-refractivity contribution in [2.75, 3.05) is 26.8 Å². The minimum atomic E-state index is -0.629. The van der Waals surface area contributed by atoms with Crippen LogP contribution in [0.15, 0.2) is 36.9 Å². The van der Waals surface area contributed by atoms with Crippen molar-refractivity contribution in [3.63, 3.8) is 0 Å². The highest BCUT2D eigenvalue weighted by atomic mass is 16.7. The number of rotatable bonds is 6. The summed E-state index contributed by atoms with van der Waals surface area (Å²) in [6.07, 6.45) is 3.12. The van der Waals surface area contributed by atoms with E-state index in [0.29, 0.717) is 12.8 Å². The number of nitrogens with zero attached hydrogens (tertiary/aromatic N) is 2. The molecule has 1 spiro atoms. The van der Waals surface area contributed by atoms with E-state index in [9.17, 15) is 9.59 Å². The maximum Gasteiger partial charge on any atom is 0.311 e. The van der Waals surface area contributed by atoms with Gasteiger partial charge in [-0.3, -0.25) is 19.3 Å². The van der Waals surface area contributed by atoms with E-state index in [-0.39, 0.29) is 24.9 Å². The minimum absolute atomic E-state index is 0.141. The molecule has 1 aromatic carbocycles. The molecule has 0 N–H and O–H groups in total. The van der Waals surface area contributed by atoms with Crippen LogP contribution in [0.5, 0.6) is 0 Å². The number of esters is 1. The van der Waals surface area contributed by atoms with Gasteiger partial charge in [0.05, 0.1) is 25.2 Å². The van der Waals surface area contributed by atoms with Crippen molar-refractivity contribution in [2.24, 2.45) is 5.92 Å². The van der Waals surface area contributed by atoms with E-state index in [2.05, 4.69) is 42.7 Å². The highest BCUT2D eigenvalue weighted by Gasteiger charge is 2.58. The molecule has 1 aromatic rings. The number of carbonyl (C=O) groups is 2. The number of likely N-dealkylation sites (tertiary alicyclic amines) is 1. The number of aryl methyl sites for hydroxylation is 1. The third-order valence-electron chi connectivity index (χ3n) is 5.68. The number of hydrogen-bond donors (Lipinski definition) is 0. The summed E-state index contributed by atoms with van der Waals surface area (Å²) in [7, 11) is 1.38. The van der Waals surface area contributed by atoms with Crippen LogP contribution in [0.3, 0.4) is 0 Å². The first-order valence-corrected chi connectivity index (χ1v) is 9.43. The van der Waals surface area contributed by atoms with Crippen LogP contribution < -0.4 is 0 Å². The van der Waals surface area contributed by atoms with Crippen molar-refractivity contribution in [1.82, 2.24) is 9.96 Å². The smallest absolute Gasteiger partial charge is 0.311 e. The summed E-state index contributed by atoms with van der Waals surface area (Å²) < 4.78 is 4.99. The lowest BCUT2D eigenvalue weighted by atomic mass is 9.77. The molecular formula is C21H28N2O4. The molecular weight excluding hydrogens is 344 g/mol. The predicted molar refractivity (Wildman–Crippen MR) is 102 cm³/mol. The number of carbonyl (C=O) groups excluding carboxylic acids is 2. The van der Waals surface area contributed by atoms with Crippen LogP contribution in [0, 0.1) is 12.8 Å². The van der Waals surface area contributed by atoms with Gasteiger partial charge in [0.25, 0.3) is 0 Å². The zero-order valence-electron chi connectivity index (χ0n) is 16.1. The lowest BCUT2D eigenvalue weighted by Crippen LogP contribution is -2.57. The molecule has 1 atom stereocenters.